The number of rotatable bonds is 5. The first kappa shape index (κ1) is 19.4. The number of fused-ring (bicyclic) bond motifs is 1. The van der Waals surface area contributed by atoms with Gasteiger partial charge in [-0.25, -0.2) is 4.79 Å². The molecule has 146 valence electrons. The number of carbonyl (C=O) groups is 3. The summed E-state index contributed by atoms with van der Waals surface area (Å²) in [5, 5.41) is 0. The molecule has 0 aliphatic carbocycles. The Balaban J connectivity index is 1.66. The lowest BCUT2D eigenvalue weighted by Gasteiger charge is -2.34. The van der Waals surface area contributed by atoms with Crippen LogP contribution in [0, 0.1) is 11.8 Å². The highest BCUT2D eigenvalue weighted by molar-refractivity contribution is 5.92. The molecular weight excluding hydrogens is 348 g/mol. The summed E-state index contributed by atoms with van der Waals surface area (Å²) < 4.78 is 11.0. The van der Waals surface area contributed by atoms with Gasteiger partial charge in [0, 0.05) is 19.0 Å². The van der Waals surface area contributed by atoms with Crippen molar-refractivity contribution in [3.63, 3.8) is 0 Å². The van der Waals surface area contributed by atoms with E-state index < -0.39 is 12.1 Å². The lowest BCUT2D eigenvalue weighted by molar-refractivity contribution is -0.145. The molecular formula is C20H26N2O5. The van der Waals surface area contributed by atoms with Crippen LogP contribution < -0.4 is 5.73 Å². The molecule has 7 heteroatoms. The van der Waals surface area contributed by atoms with E-state index in [1.54, 1.807) is 17.0 Å². The van der Waals surface area contributed by atoms with Gasteiger partial charge in [-0.2, -0.15) is 0 Å². The normalized spacial score (nSPS) is 18.3. The van der Waals surface area contributed by atoms with E-state index in [0.29, 0.717) is 44.7 Å². The first-order valence-electron chi connectivity index (χ1n) is 9.35. The molecule has 1 saturated heterocycles. The number of hydrogen-bond acceptors (Lipinski definition) is 5. The lowest BCUT2D eigenvalue weighted by Crippen LogP contribution is -2.48. The number of primary amides is 1. The maximum atomic E-state index is 12.9. The Morgan fingerprint density at radius 1 is 1.15 bits per heavy atom. The minimum atomic E-state index is -0.855. The van der Waals surface area contributed by atoms with Crippen LogP contribution >= 0.6 is 0 Å². The molecule has 2 amide bonds. The van der Waals surface area contributed by atoms with Crippen LogP contribution in [0.25, 0.3) is 0 Å². The smallest absolute Gasteiger partial charge is 0.338 e. The predicted octanol–water partition coefficient (Wildman–Crippen LogP) is 1.62. The highest BCUT2D eigenvalue weighted by atomic mass is 16.5. The summed E-state index contributed by atoms with van der Waals surface area (Å²) in [5.74, 6) is -1.40. The first-order valence-corrected chi connectivity index (χ1v) is 9.35. The van der Waals surface area contributed by atoms with Crippen LogP contribution in [-0.4, -0.2) is 41.9 Å². The second-order valence-corrected chi connectivity index (χ2v) is 7.55. The highest BCUT2D eigenvalue weighted by Crippen LogP contribution is 2.23. The maximum absolute atomic E-state index is 12.9. The number of nitrogens with two attached hydrogens (primary N) is 1. The lowest BCUT2D eigenvalue weighted by atomic mass is 9.95. The minimum Gasteiger partial charge on any atom is -0.448 e. The van der Waals surface area contributed by atoms with E-state index in [0.717, 1.165) is 11.1 Å². The van der Waals surface area contributed by atoms with Crippen LogP contribution in [0.1, 0.15) is 48.2 Å². The van der Waals surface area contributed by atoms with Crippen molar-refractivity contribution in [1.29, 1.82) is 0 Å². The molecule has 0 saturated carbocycles. The number of amides is 2. The minimum absolute atomic E-state index is 0.159. The largest absolute Gasteiger partial charge is 0.448 e. The molecule has 2 heterocycles. The summed E-state index contributed by atoms with van der Waals surface area (Å²) in [4.78, 5) is 38.4. The Morgan fingerprint density at radius 3 is 2.44 bits per heavy atom. The molecule has 0 unspecified atom stereocenters. The van der Waals surface area contributed by atoms with Crippen molar-refractivity contribution in [3.05, 3.63) is 34.9 Å². The molecule has 0 spiro atoms. The topological polar surface area (TPSA) is 98.9 Å². The molecule has 0 bridgehead atoms. The first-order chi connectivity index (χ1) is 12.9. The third-order valence-corrected chi connectivity index (χ3v) is 5.25. The summed E-state index contributed by atoms with van der Waals surface area (Å²) in [6, 6.07) is 5.33. The SMILES string of the molecule is CC(C)[C@H](OC(=O)c1ccc2c(c1)COC2)C(=O)N1CCC(C(N)=O)CC1. The van der Waals surface area contributed by atoms with E-state index in [1.807, 2.05) is 19.9 Å². The van der Waals surface area contributed by atoms with E-state index in [4.69, 9.17) is 15.2 Å². The van der Waals surface area contributed by atoms with Crippen molar-refractivity contribution in [3.8, 4) is 0 Å². The molecule has 1 fully saturated rings. The summed E-state index contributed by atoms with van der Waals surface area (Å²) in [5.41, 5.74) is 7.81. The fourth-order valence-corrected chi connectivity index (χ4v) is 3.52. The number of esters is 1. The molecule has 3 rings (SSSR count). The van der Waals surface area contributed by atoms with Crippen molar-refractivity contribution >= 4 is 17.8 Å². The van der Waals surface area contributed by atoms with Gasteiger partial charge in [0.25, 0.3) is 5.91 Å². The van der Waals surface area contributed by atoms with Crippen molar-refractivity contribution in [1.82, 2.24) is 4.90 Å². The molecule has 1 atom stereocenters. The molecule has 0 radical (unpaired) electrons. The third kappa shape index (κ3) is 4.30. The van der Waals surface area contributed by atoms with E-state index in [9.17, 15) is 14.4 Å². The molecule has 7 nitrogen and oxygen atoms in total. The molecule has 0 aromatic heterocycles. The fraction of sp³-hybridized carbons (Fsp3) is 0.550. The van der Waals surface area contributed by atoms with E-state index in [-0.39, 0.29) is 23.7 Å². The number of carbonyl (C=O) groups excluding carboxylic acids is 3. The molecule has 1 aromatic rings. The average molecular weight is 374 g/mol. The monoisotopic (exact) mass is 374 g/mol. The maximum Gasteiger partial charge on any atom is 0.338 e. The van der Waals surface area contributed by atoms with Gasteiger partial charge in [0.05, 0.1) is 18.8 Å². The van der Waals surface area contributed by atoms with Gasteiger partial charge in [-0.1, -0.05) is 19.9 Å². The van der Waals surface area contributed by atoms with E-state index >= 15 is 0 Å². The number of likely N-dealkylation sites (tertiary alicyclic amines) is 1. The van der Waals surface area contributed by atoms with Crippen LogP contribution in [-0.2, 0) is 32.3 Å². The summed E-state index contributed by atoms with van der Waals surface area (Å²) in [7, 11) is 0. The summed E-state index contributed by atoms with van der Waals surface area (Å²) >= 11 is 0. The number of piperidine rings is 1. The number of benzene rings is 1. The van der Waals surface area contributed by atoms with Crippen LogP contribution in [0.2, 0.25) is 0 Å². The number of nitrogens with zero attached hydrogens (tertiary/aromatic N) is 1. The summed E-state index contributed by atoms with van der Waals surface area (Å²) in [6.45, 7) is 5.63. The van der Waals surface area contributed by atoms with Gasteiger partial charge < -0.3 is 20.1 Å². The molecule has 1 aromatic carbocycles. The third-order valence-electron chi connectivity index (χ3n) is 5.25. The van der Waals surface area contributed by atoms with Gasteiger partial charge in [-0.15, -0.1) is 0 Å². The number of hydrogen-bond donors (Lipinski definition) is 1. The Kier molecular flexibility index (Phi) is 5.79. The van der Waals surface area contributed by atoms with Gasteiger partial charge in [0.2, 0.25) is 5.91 Å². The Labute approximate surface area is 158 Å². The zero-order valence-electron chi connectivity index (χ0n) is 15.8. The molecule has 2 N–H and O–H groups in total. The quantitative estimate of drug-likeness (QED) is 0.790. The highest BCUT2D eigenvalue weighted by Gasteiger charge is 2.34. The fourth-order valence-electron chi connectivity index (χ4n) is 3.52. The van der Waals surface area contributed by atoms with Crippen molar-refractivity contribution in [2.24, 2.45) is 17.6 Å². The molecule has 27 heavy (non-hydrogen) atoms. The van der Waals surface area contributed by atoms with Crippen LogP contribution in [0.3, 0.4) is 0 Å². The van der Waals surface area contributed by atoms with Crippen LogP contribution in [0.4, 0.5) is 0 Å². The second-order valence-electron chi connectivity index (χ2n) is 7.55. The second kappa shape index (κ2) is 8.08. The number of ether oxygens (including phenoxy) is 2. The standard InChI is InChI=1S/C20H26N2O5/c1-12(2)17(19(24)22-7-5-13(6-8-22)18(21)23)27-20(25)14-3-4-15-10-26-11-16(15)9-14/h3-4,9,12-13,17H,5-8,10-11H2,1-2H3,(H2,21,23)/t17-/m0/s1. The van der Waals surface area contributed by atoms with E-state index in [1.165, 1.54) is 0 Å². The van der Waals surface area contributed by atoms with Gasteiger partial charge in [0.15, 0.2) is 6.10 Å². The van der Waals surface area contributed by atoms with Gasteiger partial charge in [0.1, 0.15) is 0 Å². The summed E-state index contributed by atoms with van der Waals surface area (Å²) in [6.07, 6.45) is 0.238. The Bertz CT molecular complexity index is 738. The van der Waals surface area contributed by atoms with Crippen LogP contribution in [0.5, 0.6) is 0 Å². The van der Waals surface area contributed by atoms with Gasteiger partial charge >= 0.3 is 5.97 Å². The Hall–Kier alpha value is -2.41. The Morgan fingerprint density at radius 2 is 1.81 bits per heavy atom. The molecule has 2 aliphatic heterocycles. The molecule has 2 aliphatic rings. The van der Waals surface area contributed by atoms with Crippen molar-refractivity contribution in [2.45, 2.75) is 46.0 Å². The zero-order valence-corrected chi connectivity index (χ0v) is 15.8. The average Bonchev–Trinajstić information content (AvgIpc) is 3.13. The van der Waals surface area contributed by atoms with Gasteiger partial charge in [-0.3, -0.25) is 9.59 Å². The predicted molar refractivity (Wildman–Crippen MR) is 97.5 cm³/mol. The van der Waals surface area contributed by atoms with Crippen molar-refractivity contribution < 1.29 is 23.9 Å². The van der Waals surface area contributed by atoms with Gasteiger partial charge in [-0.05, 0) is 42.0 Å². The van der Waals surface area contributed by atoms with Crippen LogP contribution in [0.15, 0.2) is 18.2 Å². The van der Waals surface area contributed by atoms with E-state index in [2.05, 4.69) is 0 Å². The zero-order chi connectivity index (χ0) is 19.6. The van der Waals surface area contributed by atoms with Crippen molar-refractivity contribution in [2.75, 3.05) is 13.1 Å².